The van der Waals surface area contributed by atoms with Crippen LogP contribution in [0.15, 0.2) is 6.07 Å². The molecule has 5 nitrogen and oxygen atoms in total. The van der Waals surface area contributed by atoms with E-state index in [0.717, 1.165) is 31.2 Å². The van der Waals surface area contributed by atoms with E-state index in [2.05, 4.69) is 14.9 Å². The molecule has 2 rings (SSSR count). The molecular formula is C11H17N3O2. The molecule has 1 saturated heterocycles. The van der Waals surface area contributed by atoms with Gasteiger partial charge in [-0.3, -0.25) is 0 Å². The molecule has 0 spiro atoms. The Kier molecular flexibility index (Phi) is 3.24. The first-order valence-electron chi connectivity index (χ1n) is 5.40. The van der Waals surface area contributed by atoms with Crippen molar-refractivity contribution in [1.82, 2.24) is 9.97 Å². The lowest BCUT2D eigenvalue weighted by atomic mass is 10.3. The van der Waals surface area contributed by atoms with Gasteiger partial charge in [-0.25, -0.2) is 4.98 Å². The van der Waals surface area contributed by atoms with Gasteiger partial charge in [0, 0.05) is 32.0 Å². The summed E-state index contributed by atoms with van der Waals surface area (Å²) in [5.74, 6) is 1.35. The van der Waals surface area contributed by atoms with Crippen LogP contribution in [0, 0.1) is 6.92 Å². The van der Waals surface area contributed by atoms with Gasteiger partial charge in [0.05, 0.1) is 13.2 Å². The van der Waals surface area contributed by atoms with Gasteiger partial charge >= 0.3 is 0 Å². The van der Waals surface area contributed by atoms with Crippen molar-refractivity contribution in [2.45, 2.75) is 19.4 Å². The highest BCUT2D eigenvalue weighted by molar-refractivity contribution is 5.35. The van der Waals surface area contributed by atoms with Crippen LogP contribution in [-0.4, -0.2) is 43.4 Å². The second kappa shape index (κ2) is 4.65. The van der Waals surface area contributed by atoms with Crippen molar-refractivity contribution in [3.8, 4) is 5.88 Å². The van der Waals surface area contributed by atoms with Crippen LogP contribution in [-0.2, 0) is 4.74 Å². The molecule has 1 aliphatic rings. The van der Waals surface area contributed by atoms with Crippen molar-refractivity contribution >= 4 is 5.95 Å². The highest BCUT2D eigenvalue weighted by atomic mass is 16.5. The van der Waals surface area contributed by atoms with Gasteiger partial charge in [-0.1, -0.05) is 0 Å². The molecule has 0 aromatic carbocycles. The Morgan fingerprint density at radius 1 is 1.38 bits per heavy atom. The first-order valence-corrected chi connectivity index (χ1v) is 5.40. The lowest BCUT2D eigenvalue weighted by Gasteiger charge is -2.16. The van der Waals surface area contributed by atoms with Crippen LogP contribution in [0.5, 0.6) is 5.88 Å². The van der Waals surface area contributed by atoms with Gasteiger partial charge in [0.25, 0.3) is 0 Å². The van der Waals surface area contributed by atoms with Gasteiger partial charge in [0.15, 0.2) is 0 Å². The third-order valence-electron chi connectivity index (χ3n) is 2.79. The summed E-state index contributed by atoms with van der Waals surface area (Å²) in [6.45, 7) is 3.73. The molecule has 0 amide bonds. The molecule has 2 heterocycles. The Balaban J connectivity index is 2.17. The summed E-state index contributed by atoms with van der Waals surface area (Å²) in [4.78, 5) is 10.9. The van der Waals surface area contributed by atoms with E-state index < -0.39 is 0 Å². The van der Waals surface area contributed by atoms with E-state index in [4.69, 9.17) is 9.47 Å². The van der Waals surface area contributed by atoms with E-state index in [1.807, 2.05) is 13.0 Å². The minimum absolute atomic E-state index is 0.287. The standard InChI is InChI=1S/C11H17N3O2/c1-8-6-10(16-3)13-11(12-8)14-5-4-9(7-14)15-2/h6,9H,4-5,7H2,1-3H3/t9-/m0/s1. The van der Waals surface area contributed by atoms with Gasteiger partial charge in [0.1, 0.15) is 0 Å². The second-order valence-corrected chi connectivity index (χ2v) is 3.94. The van der Waals surface area contributed by atoms with Crippen LogP contribution in [0.25, 0.3) is 0 Å². The molecule has 16 heavy (non-hydrogen) atoms. The molecule has 88 valence electrons. The number of nitrogens with zero attached hydrogens (tertiary/aromatic N) is 3. The summed E-state index contributed by atoms with van der Waals surface area (Å²) in [5.41, 5.74) is 0.919. The van der Waals surface area contributed by atoms with Crippen LogP contribution < -0.4 is 9.64 Å². The summed E-state index contributed by atoms with van der Waals surface area (Å²) in [5, 5.41) is 0. The number of hydrogen-bond donors (Lipinski definition) is 0. The first kappa shape index (κ1) is 11.1. The summed E-state index contributed by atoms with van der Waals surface area (Å²) < 4.78 is 10.5. The third-order valence-corrected chi connectivity index (χ3v) is 2.79. The Hall–Kier alpha value is -1.36. The zero-order chi connectivity index (χ0) is 11.5. The van der Waals surface area contributed by atoms with E-state index >= 15 is 0 Å². The molecule has 0 radical (unpaired) electrons. The monoisotopic (exact) mass is 223 g/mol. The summed E-state index contributed by atoms with van der Waals surface area (Å²) in [6, 6.07) is 1.83. The molecule has 1 aromatic rings. The Morgan fingerprint density at radius 3 is 2.81 bits per heavy atom. The summed E-state index contributed by atoms with van der Waals surface area (Å²) in [6.07, 6.45) is 1.31. The minimum atomic E-state index is 0.287. The molecule has 0 N–H and O–H groups in total. The molecule has 0 aliphatic carbocycles. The van der Waals surface area contributed by atoms with E-state index in [9.17, 15) is 0 Å². The quantitative estimate of drug-likeness (QED) is 0.765. The molecule has 1 aliphatic heterocycles. The fourth-order valence-electron chi connectivity index (χ4n) is 1.87. The number of methoxy groups -OCH3 is 2. The molecule has 0 bridgehead atoms. The molecule has 1 aromatic heterocycles. The van der Waals surface area contributed by atoms with Crippen LogP contribution in [0.4, 0.5) is 5.95 Å². The van der Waals surface area contributed by atoms with Crippen molar-refractivity contribution in [3.63, 3.8) is 0 Å². The van der Waals surface area contributed by atoms with Gasteiger partial charge in [-0.15, -0.1) is 0 Å². The van der Waals surface area contributed by atoms with Gasteiger partial charge < -0.3 is 14.4 Å². The average Bonchev–Trinajstić information content (AvgIpc) is 2.76. The van der Waals surface area contributed by atoms with E-state index in [-0.39, 0.29) is 6.10 Å². The number of hydrogen-bond acceptors (Lipinski definition) is 5. The largest absolute Gasteiger partial charge is 0.481 e. The number of aryl methyl sites for hydroxylation is 1. The Morgan fingerprint density at radius 2 is 2.19 bits per heavy atom. The predicted molar refractivity (Wildman–Crippen MR) is 60.9 cm³/mol. The van der Waals surface area contributed by atoms with E-state index in [1.165, 1.54) is 0 Å². The van der Waals surface area contributed by atoms with E-state index in [1.54, 1.807) is 14.2 Å². The highest BCUT2D eigenvalue weighted by Crippen LogP contribution is 2.20. The average molecular weight is 223 g/mol. The zero-order valence-corrected chi connectivity index (χ0v) is 9.93. The second-order valence-electron chi connectivity index (χ2n) is 3.94. The van der Waals surface area contributed by atoms with Crippen molar-refractivity contribution in [2.24, 2.45) is 0 Å². The fraction of sp³-hybridized carbons (Fsp3) is 0.636. The first-order chi connectivity index (χ1) is 7.72. The van der Waals surface area contributed by atoms with E-state index in [0.29, 0.717) is 5.88 Å². The highest BCUT2D eigenvalue weighted by Gasteiger charge is 2.24. The lowest BCUT2D eigenvalue weighted by molar-refractivity contribution is 0.121. The molecule has 1 fully saturated rings. The summed E-state index contributed by atoms with van der Waals surface area (Å²) >= 11 is 0. The Bertz CT molecular complexity index is 370. The van der Waals surface area contributed by atoms with Crippen LogP contribution in [0.2, 0.25) is 0 Å². The van der Waals surface area contributed by atoms with Crippen LogP contribution >= 0.6 is 0 Å². The van der Waals surface area contributed by atoms with Crippen molar-refractivity contribution in [1.29, 1.82) is 0 Å². The molecule has 0 unspecified atom stereocenters. The smallest absolute Gasteiger partial charge is 0.228 e. The molecule has 5 heteroatoms. The van der Waals surface area contributed by atoms with Crippen LogP contribution in [0.1, 0.15) is 12.1 Å². The van der Waals surface area contributed by atoms with Crippen molar-refractivity contribution in [2.75, 3.05) is 32.2 Å². The molecule has 0 saturated carbocycles. The van der Waals surface area contributed by atoms with Gasteiger partial charge in [0.2, 0.25) is 11.8 Å². The predicted octanol–water partition coefficient (Wildman–Crippen LogP) is 1.02. The zero-order valence-electron chi connectivity index (χ0n) is 9.93. The maximum atomic E-state index is 5.32. The number of aromatic nitrogens is 2. The maximum absolute atomic E-state index is 5.32. The Labute approximate surface area is 95.4 Å². The fourth-order valence-corrected chi connectivity index (χ4v) is 1.87. The van der Waals surface area contributed by atoms with Crippen molar-refractivity contribution < 1.29 is 9.47 Å². The number of rotatable bonds is 3. The normalized spacial score (nSPS) is 20.2. The minimum Gasteiger partial charge on any atom is -0.481 e. The third kappa shape index (κ3) is 2.24. The maximum Gasteiger partial charge on any atom is 0.228 e. The van der Waals surface area contributed by atoms with Gasteiger partial charge in [-0.2, -0.15) is 4.98 Å². The molecule has 1 atom stereocenters. The summed E-state index contributed by atoms with van der Waals surface area (Å²) in [7, 11) is 3.36. The van der Waals surface area contributed by atoms with Crippen molar-refractivity contribution in [3.05, 3.63) is 11.8 Å². The SMILES string of the molecule is COc1cc(C)nc(N2CC[C@H](OC)C2)n1. The van der Waals surface area contributed by atoms with Gasteiger partial charge in [-0.05, 0) is 13.3 Å². The topological polar surface area (TPSA) is 47.5 Å². The lowest BCUT2D eigenvalue weighted by Crippen LogP contribution is -2.24. The number of ether oxygens (including phenoxy) is 2. The van der Waals surface area contributed by atoms with Crippen LogP contribution in [0.3, 0.4) is 0 Å². The number of anilines is 1. The molecular weight excluding hydrogens is 206 g/mol.